The van der Waals surface area contributed by atoms with Crippen molar-refractivity contribution in [2.75, 3.05) is 25.9 Å². The molecule has 0 radical (unpaired) electrons. The lowest BCUT2D eigenvalue weighted by Crippen LogP contribution is -2.42. The standard InChI is InChI=1S/C15H32N2O2S/c1-6-13(11-16-15(2,3)4)10-14-8-7-9-17(12-14)20(5,18)19/h13-14,16H,6-12H2,1-5H3. The molecule has 0 amide bonds. The lowest BCUT2D eigenvalue weighted by atomic mass is 9.87. The lowest BCUT2D eigenvalue weighted by molar-refractivity contribution is 0.220. The maximum absolute atomic E-state index is 11.7. The number of rotatable bonds is 6. The highest BCUT2D eigenvalue weighted by Crippen LogP contribution is 2.26. The van der Waals surface area contributed by atoms with Gasteiger partial charge in [0.2, 0.25) is 10.0 Å². The average molecular weight is 304 g/mol. The molecule has 1 N–H and O–H groups in total. The van der Waals surface area contributed by atoms with Crippen LogP contribution in [0.25, 0.3) is 0 Å². The van der Waals surface area contributed by atoms with E-state index in [2.05, 4.69) is 33.0 Å². The van der Waals surface area contributed by atoms with Crippen molar-refractivity contribution in [3.63, 3.8) is 0 Å². The van der Waals surface area contributed by atoms with Crippen LogP contribution in [0.15, 0.2) is 0 Å². The van der Waals surface area contributed by atoms with Crippen LogP contribution in [0.4, 0.5) is 0 Å². The fraction of sp³-hybridized carbons (Fsp3) is 1.00. The van der Waals surface area contributed by atoms with E-state index >= 15 is 0 Å². The summed E-state index contributed by atoms with van der Waals surface area (Å²) in [7, 11) is -3.02. The SMILES string of the molecule is CCC(CNC(C)(C)C)CC1CCCN(S(C)(=O)=O)C1. The van der Waals surface area contributed by atoms with Gasteiger partial charge in [0.15, 0.2) is 0 Å². The summed E-state index contributed by atoms with van der Waals surface area (Å²) in [6, 6.07) is 0. The summed E-state index contributed by atoms with van der Waals surface area (Å²) in [5.74, 6) is 1.16. The Kier molecular flexibility index (Phi) is 6.48. The fourth-order valence-electron chi connectivity index (χ4n) is 2.84. The van der Waals surface area contributed by atoms with Gasteiger partial charge in [-0.15, -0.1) is 0 Å². The van der Waals surface area contributed by atoms with Gasteiger partial charge >= 0.3 is 0 Å². The van der Waals surface area contributed by atoms with Crippen LogP contribution in [0.3, 0.4) is 0 Å². The quantitative estimate of drug-likeness (QED) is 0.820. The Labute approximate surface area is 125 Å². The van der Waals surface area contributed by atoms with Crippen LogP contribution in [-0.4, -0.2) is 44.2 Å². The molecule has 0 aromatic carbocycles. The largest absolute Gasteiger partial charge is 0.312 e. The van der Waals surface area contributed by atoms with Gasteiger partial charge in [-0.3, -0.25) is 0 Å². The first-order valence-electron chi connectivity index (χ1n) is 7.82. The van der Waals surface area contributed by atoms with E-state index in [1.54, 1.807) is 4.31 Å². The van der Waals surface area contributed by atoms with Gasteiger partial charge in [-0.2, -0.15) is 0 Å². The molecule has 1 heterocycles. The first-order valence-corrected chi connectivity index (χ1v) is 9.67. The second-order valence-electron chi connectivity index (χ2n) is 7.27. The van der Waals surface area contributed by atoms with E-state index in [4.69, 9.17) is 0 Å². The van der Waals surface area contributed by atoms with E-state index in [1.807, 2.05) is 0 Å². The van der Waals surface area contributed by atoms with E-state index in [0.29, 0.717) is 24.9 Å². The van der Waals surface area contributed by atoms with Gasteiger partial charge in [-0.25, -0.2) is 12.7 Å². The lowest BCUT2D eigenvalue weighted by Gasteiger charge is -2.33. The molecule has 1 fully saturated rings. The maximum atomic E-state index is 11.7. The van der Waals surface area contributed by atoms with Crippen molar-refractivity contribution >= 4 is 10.0 Å². The zero-order valence-electron chi connectivity index (χ0n) is 13.8. The molecule has 0 aromatic heterocycles. The molecule has 1 saturated heterocycles. The molecule has 120 valence electrons. The predicted molar refractivity (Wildman–Crippen MR) is 85.3 cm³/mol. The Morgan fingerprint density at radius 3 is 2.50 bits per heavy atom. The maximum Gasteiger partial charge on any atom is 0.211 e. The van der Waals surface area contributed by atoms with Crippen molar-refractivity contribution in [1.29, 1.82) is 0 Å². The Bertz CT molecular complexity index is 387. The smallest absolute Gasteiger partial charge is 0.211 e. The van der Waals surface area contributed by atoms with Crippen LogP contribution < -0.4 is 5.32 Å². The number of nitrogens with one attached hydrogen (secondary N) is 1. The molecule has 1 aliphatic rings. The molecule has 0 saturated carbocycles. The van der Waals surface area contributed by atoms with E-state index in [0.717, 1.165) is 32.2 Å². The van der Waals surface area contributed by atoms with Gasteiger partial charge in [0.05, 0.1) is 6.26 Å². The van der Waals surface area contributed by atoms with Gasteiger partial charge in [-0.05, 0) is 58.4 Å². The fourth-order valence-corrected chi connectivity index (χ4v) is 3.78. The molecule has 4 nitrogen and oxygen atoms in total. The van der Waals surface area contributed by atoms with Crippen LogP contribution in [-0.2, 0) is 10.0 Å². The van der Waals surface area contributed by atoms with Crippen LogP contribution in [0.5, 0.6) is 0 Å². The normalized spacial score (nSPS) is 23.8. The number of piperidine rings is 1. The number of hydrogen-bond acceptors (Lipinski definition) is 3. The second kappa shape index (κ2) is 7.23. The minimum absolute atomic E-state index is 0.152. The summed E-state index contributed by atoms with van der Waals surface area (Å²) < 4.78 is 25.0. The monoisotopic (exact) mass is 304 g/mol. The van der Waals surface area contributed by atoms with E-state index < -0.39 is 10.0 Å². The molecular formula is C15H32N2O2S. The van der Waals surface area contributed by atoms with Crippen LogP contribution in [0, 0.1) is 11.8 Å². The first-order chi connectivity index (χ1) is 9.12. The highest BCUT2D eigenvalue weighted by molar-refractivity contribution is 7.88. The van der Waals surface area contributed by atoms with Crippen molar-refractivity contribution < 1.29 is 8.42 Å². The zero-order valence-corrected chi connectivity index (χ0v) is 14.6. The third-order valence-electron chi connectivity index (χ3n) is 4.12. The summed E-state index contributed by atoms with van der Waals surface area (Å²) >= 11 is 0. The van der Waals surface area contributed by atoms with Crippen molar-refractivity contribution in [3.05, 3.63) is 0 Å². The summed E-state index contributed by atoms with van der Waals surface area (Å²) in [5, 5.41) is 3.57. The highest BCUT2D eigenvalue weighted by Gasteiger charge is 2.27. The number of hydrogen-bond donors (Lipinski definition) is 1. The molecule has 1 aliphatic heterocycles. The molecule has 0 spiro atoms. The van der Waals surface area contributed by atoms with Gasteiger partial charge in [0.1, 0.15) is 0 Å². The minimum atomic E-state index is -3.02. The molecule has 0 aromatic rings. The highest BCUT2D eigenvalue weighted by atomic mass is 32.2. The molecule has 2 atom stereocenters. The summed E-state index contributed by atoms with van der Waals surface area (Å²) in [4.78, 5) is 0. The number of nitrogens with zero attached hydrogens (tertiary/aromatic N) is 1. The minimum Gasteiger partial charge on any atom is -0.312 e. The summed E-state index contributed by atoms with van der Waals surface area (Å²) in [6.45, 7) is 11.2. The van der Waals surface area contributed by atoms with Gasteiger partial charge < -0.3 is 5.32 Å². The van der Waals surface area contributed by atoms with Crippen molar-refractivity contribution in [2.45, 2.75) is 58.9 Å². The van der Waals surface area contributed by atoms with Crippen LogP contribution in [0.1, 0.15) is 53.4 Å². The van der Waals surface area contributed by atoms with Gasteiger partial charge in [0.25, 0.3) is 0 Å². The Morgan fingerprint density at radius 1 is 1.35 bits per heavy atom. The summed E-state index contributed by atoms with van der Waals surface area (Å²) in [5.41, 5.74) is 0.152. The Balaban J connectivity index is 2.49. The molecule has 5 heteroatoms. The molecule has 1 rings (SSSR count). The van der Waals surface area contributed by atoms with Crippen molar-refractivity contribution in [2.24, 2.45) is 11.8 Å². The third kappa shape index (κ3) is 6.55. The van der Waals surface area contributed by atoms with Crippen molar-refractivity contribution in [1.82, 2.24) is 9.62 Å². The van der Waals surface area contributed by atoms with Gasteiger partial charge in [-0.1, -0.05) is 13.3 Å². The molecule has 0 bridgehead atoms. The molecule has 20 heavy (non-hydrogen) atoms. The van der Waals surface area contributed by atoms with Crippen LogP contribution >= 0.6 is 0 Å². The average Bonchev–Trinajstić information content (AvgIpc) is 2.32. The van der Waals surface area contributed by atoms with E-state index in [-0.39, 0.29) is 5.54 Å². The molecule has 0 aliphatic carbocycles. The number of sulfonamides is 1. The first kappa shape index (κ1) is 17.9. The zero-order chi connectivity index (χ0) is 15.4. The van der Waals surface area contributed by atoms with E-state index in [1.165, 1.54) is 6.26 Å². The van der Waals surface area contributed by atoms with Gasteiger partial charge in [0, 0.05) is 18.6 Å². The third-order valence-corrected chi connectivity index (χ3v) is 5.39. The molecular weight excluding hydrogens is 272 g/mol. The Morgan fingerprint density at radius 2 is 2.00 bits per heavy atom. The molecule has 2 unspecified atom stereocenters. The van der Waals surface area contributed by atoms with Crippen LogP contribution in [0.2, 0.25) is 0 Å². The second-order valence-corrected chi connectivity index (χ2v) is 9.25. The Hall–Kier alpha value is -0.130. The van der Waals surface area contributed by atoms with Crippen molar-refractivity contribution in [3.8, 4) is 0 Å². The predicted octanol–water partition coefficient (Wildman–Crippen LogP) is 2.46. The summed E-state index contributed by atoms with van der Waals surface area (Å²) in [6.07, 6.45) is 5.77. The van der Waals surface area contributed by atoms with E-state index in [9.17, 15) is 8.42 Å². The topological polar surface area (TPSA) is 49.4 Å².